The van der Waals surface area contributed by atoms with Crippen molar-refractivity contribution in [3.05, 3.63) is 0 Å². The van der Waals surface area contributed by atoms with Crippen LogP contribution in [0.3, 0.4) is 0 Å². The van der Waals surface area contributed by atoms with Gasteiger partial charge in [-0.2, -0.15) is 5.06 Å². The van der Waals surface area contributed by atoms with Gasteiger partial charge >= 0.3 is 6.09 Å². The highest BCUT2D eigenvalue weighted by Gasteiger charge is 2.29. The average molecular weight is 244 g/mol. The van der Waals surface area contributed by atoms with Crippen molar-refractivity contribution in [1.29, 1.82) is 0 Å². The molecule has 0 radical (unpaired) electrons. The van der Waals surface area contributed by atoms with Gasteiger partial charge in [0.05, 0.1) is 0 Å². The van der Waals surface area contributed by atoms with E-state index in [9.17, 15) is 4.79 Å². The van der Waals surface area contributed by atoms with E-state index in [-0.39, 0.29) is 6.09 Å². The van der Waals surface area contributed by atoms with Crippen molar-refractivity contribution in [2.24, 2.45) is 5.92 Å². The van der Waals surface area contributed by atoms with Crippen LogP contribution in [0, 0.1) is 5.92 Å². The average Bonchev–Trinajstić information content (AvgIpc) is 2.60. The predicted molar refractivity (Wildman–Crippen MR) is 64.9 cm³/mol. The van der Waals surface area contributed by atoms with E-state index >= 15 is 0 Å². The Hall–Kier alpha value is -0.810. The molecule has 1 N–H and O–H groups in total. The molecule has 100 valence electrons. The number of hydrogen-bond acceptors (Lipinski definition) is 4. The molecule has 1 rings (SSSR count). The van der Waals surface area contributed by atoms with Crippen LogP contribution in [0.5, 0.6) is 0 Å². The molecule has 1 heterocycles. The van der Waals surface area contributed by atoms with Crippen LogP contribution >= 0.6 is 0 Å². The Bertz CT molecular complexity index is 261. The zero-order valence-electron chi connectivity index (χ0n) is 11.3. The first-order chi connectivity index (χ1) is 7.78. The summed E-state index contributed by atoms with van der Waals surface area (Å²) in [5.41, 5.74) is -0.430. The first-order valence-corrected chi connectivity index (χ1v) is 6.16. The van der Waals surface area contributed by atoms with E-state index in [4.69, 9.17) is 9.94 Å². The number of likely N-dealkylation sites (tertiary alicyclic amines) is 1. The van der Waals surface area contributed by atoms with Gasteiger partial charge in [0, 0.05) is 26.7 Å². The van der Waals surface area contributed by atoms with Crippen LogP contribution in [0.4, 0.5) is 4.79 Å². The van der Waals surface area contributed by atoms with Gasteiger partial charge in [-0.05, 0) is 39.5 Å². The van der Waals surface area contributed by atoms with E-state index in [1.54, 1.807) is 11.9 Å². The normalized spacial score (nSPS) is 21.1. The second kappa shape index (κ2) is 5.69. The van der Waals surface area contributed by atoms with Crippen molar-refractivity contribution in [2.75, 3.05) is 26.7 Å². The molecule has 1 saturated heterocycles. The van der Waals surface area contributed by atoms with Crippen molar-refractivity contribution >= 4 is 6.09 Å². The van der Waals surface area contributed by atoms with Gasteiger partial charge in [-0.15, -0.1) is 0 Å². The molecule has 17 heavy (non-hydrogen) atoms. The van der Waals surface area contributed by atoms with Gasteiger partial charge in [0.2, 0.25) is 0 Å². The van der Waals surface area contributed by atoms with Gasteiger partial charge in [-0.25, -0.2) is 4.79 Å². The minimum absolute atomic E-state index is 0.225. The van der Waals surface area contributed by atoms with Crippen LogP contribution < -0.4 is 0 Å². The summed E-state index contributed by atoms with van der Waals surface area (Å²) in [5, 5.41) is 10.3. The van der Waals surface area contributed by atoms with Crippen LogP contribution in [0.25, 0.3) is 0 Å². The first-order valence-electron chi connectivity index (χ1n) is 6.16. The lowest BCUT2D eigenvalue weighted by atomic mass is 10.1. The molecule has 1 aliphatic heterocycles. The molecule has 5 nitrogen and oxygen atoms in total. The quantitative estimate of drug-likeness (QED) is 0.771. The standard InChI is InChI=1S/C12H24N2O3/c1-12(2,3)17-11(15)14-8-6-10(9-14)5-7-13(4)16/h10,16H,5-9H2,1-4H3. The van der Waals surface area contributed by atoms with Crippen molar-refractivity contribution in [3.63, 3.8) is 0 Å². The van der Waals surface area contributed by atoms with Crippen LogP contribution in [0.2, 0.25) is 0 Å². The van der Waals surface area contributed by atoms with Crippen molar-refractivity contribution in [1.82, 2.24) is 9.96 Å². The molecular formula is C12H24N2O3. The van der Waals surface area contributed by atoms with Crippen LogP contribution in [-0.4, -0.2) is 53.5 Å². The number of nitrogens with zero attached hydrogens (tertiary/aromatic N) is 2. The first kappa shape index (κ1) is 14.3. The summed E-state index contributed by atoms with van der Waals surface area (Å²) in [7, 11) is 1.64. The fraction of sp³-hybridized carbons (Fsp3) is 0.917. The van der Waals surface area contributed by atoms with Crippen LogP contribution in [0.15, 0.2) is 0 Å². The Morgan fingerprint density at radius 2 is 2.18 bits per heavy atom. The Morgan fingerprint density at radius 3 is 2.71 bits per heavy atom. The SMILES string of the molecule is CN(O)CCC1CCN(C(=O)OC(C)(C)C)C1. The van der Waals surface area contributed by atoms with Gasteiger partial charge in [0.15, 0.2) is 0 Å². The van der Waals surface area contributed by atoms with Gasteiger partial charge < -0.3 is 14.8 Å². The third kappa shape index (κ3) is 5.37. The molecule has 1 fully saturated rings. The summed E-state index contributed by atoms with van der Waals surface area (Å²) in [6.07, 6.45) is 1.68. The minimum atomic E-state index is -0.430. The highest BCUT2D eigenvalue weighted by Crippen LogP contribution is 2.21. The fourth-order valence-electron chi connectivity index (χ4n) is 1.93. The molecule has 1 aliphatic rings. The molecule has 0 spiro atoms. The summed E-state index contributed by atoms with van der Waals surface area (Å²) in [5.74, 6) is 0.470. The second-order valence-electron chi connectivity index (χ2n) is 5.75. The van der Waals surface area contributed by atoms with E-state index in [0.717, 1.165) is 25.9 Å². The third-order valence-corrected chi connectivity index (χ3v) is 2.80. The van der Waals surface area contributed by atoms with Crippen LogP contribution in [-0.2, 0) is 4.74 Å². The topological polar surface area (TPSA) is 53.0 Å². The number of carbonyl (C=O) groups is 1. The Balaban J connectivity index is 2.32. The lowest BCUT2D eigenvalue weighted by Gasteiger charge is -2.24. The summed E-state index contributed by atoms with van der Waals surface area (Å²) < 4.78 is 5.32. The molecule has 5 heteroatoms. The van der Waals surface area contributed by atoms with E-state index in [0.29, 0.717) is 12.5 Å². The summed E-state index contributed by atoms with van der Waals surface area (Å²) in [6, 6.07) is 0. The van der Waals surface area contributed by atoms with Crippen LogP contribution in [0.1, 0.15) is 33.6 Å². The smallest absolute Gasteiger partial charge is 0.410 e. The van der Waals surface area contributed by atoms with Gasteiger partial charge in [0.1, 0.15) is 5.60 Å². The van der Waals surface area contributed by atoms with E-state index in [1.165, 1.54) is 5.06 Å². The lowest BCUT2D eigenvalue weighted by molar-refractivity contribution is -0.0678. The molecule has 1 unspecified atom stereocenters. The van der Waals surface area contributed by atoms with Crippen molar-refractivity contribution < 1.29 is 14.7 Å². The van der Waals surface area contributed by atoms with Crippen molar-refractivity contribution in [3.8, 4) is 0 Å². The fourth-order valence-corrected chi connectivity index (χ4v) is 1.93. The molecule has 0 aromatic rings. The minimum Gasteiger partial charge on any atom is -0.444 e. The molecule has 0 saturated carbocycles. The number of hydroxylamine groups is 2. The maximum Gasteiger partial charge on any atom is 0.410 e. The number of hydrogen-bond donors (Lipinski definition) is 1. The maximum absolute atomic E-state index is 11.8. The molecule has 1 atom stereocenters. The highest BCUT2D eigenvalue weighted by atomic mass is 16.6. The molecule has 0 aromatic carbocycles. The lowest BCUT2D eigenvalue weighted by Crippen LogP contribution is -2.35. The molecule has 0 bridgehead atoms. The third-order valence-electron chi connectivity index (χ3n) is 2.80. The zero-order chi connectivity index (χ0) is 13.1. The van der Waals surface area contributed by atoms with Gasteiger partial charge in [0.25, 0.3) is 0 Å². The van der Waals surface area contributed by atoms with Gasteiger partial charge in [-0.3, -0.25) is 0 Å². The Kier molecular flexibility index (Phi) is 4.77. The summed E-state index contributed by atoms with van der Waals surface area (Å²) >= 11 is 0. The van der Waals surface area contributed by atoms with E-state index < -0.39 is 5.60 Å². The largest absolute Gasteiger partial charge is 0.444 e. The molecule has 0 aliphatic carbocycles. The summed E-state index contributed by atoms with van der Waals surface area (Å²) in [4.78, 5) is 13.5. The highest BCUT2D eigenvalue weighted by molar-refractivity contribution is 5.68. The Labute approximate surface area is 103 Å². The molecule has 0 aromatic heterocycles. The number of carbonyl (C=O) groups excluding carboxylic acids is 1. The maximum atomic E-state index is 11.8. The number of ether oxygens (including phenoxy) is 1. The summed E-state index contributed by atoms with van der Waals surface area (Å²) in [6.45, 7) is 7.77. The number of rotatable bonds is 3. The van der Waals surface area contributed by atoms with E-state index in [1.807, 2.05) is 20.8 Å². The molecular weight excluding hydrogens is 220 g/mol. The molecule has 1 amide bonds. The second-order valence-corrected chi connectivity index (χ2v) is 5.75. The van der Waals surface area contributed by atoms with Gasteiger partial charge in [-0.1, -0.05) is 0 Å². The number of amides is 1. The van der Waals surface area contributed by atoms with E-state index in [2.05, 4.69) is 0 Å². The zero-order valence-corrected chi connectivity index (χ0v) is 11.3. The van der Waals surface area contributed by atoms with Crippen molar-refractivity contribution in [2.45, 2.75) is 39.2 Å². The predicted octanol–water partition coefficient (Wildman–Crippen LogP) is 1.95. The monoisotopic (exact) mass is 244 g/mol. The Morgan fingerprint density at radius 1 is 1.53 bits per heavy atom.